The maximum atomic E-state index is 12.2. The van der Waals surface area contributed by atoms with Crippen molar-refractivity contribution >= 4 is 18.0 Å². The molecule has 8 heteroatoms. The van der Waals surface area contributed by atoms with Gasteiger partial charge in [0.15, 0.2) is 0 Å². The second kappa shape index (κ2) is 10.8. The van der Waals surface area contributed by atoms with Gasteiger partial charge in [0.05, 0.1) is 0 Å². The summed E-state index contributed by atoms with van der Waals surface area (Å²) in [7, 11) is 0. The van der Waals surface area contributed by atoms with Crippen LogP contribution in [0.25, 0.3) is 11.1 Å². The third kappa shape index (κ3) is 5.64. The maximum absolute atomic E-state index is 12.2. The van der Waals surface area contributed by atoms with Gasteiger partial charge in [-0.3, -0.25) is 4.79 Å². The minimum Gasteiger partial charge on any atom is -0.480 e. The fourth-order valence-corrected chi connectivity index (χ4v) is 3.94. The van der Waals surface area contributed by atoms with Crippen LogP contribution in [0.15, 0.2) is 48.5 Å². The Hall–Kier alpha value is -3.39. The van der Waals surface area contributed by atoms with Crippen LogP contribution in [0.3, 0.4) is 0 Å². The van der Waals surface area contributed by atoms with E-state index in [0.29, 0.717) is 0 Å². The van der Waals surface area contributed by atoms with E-state index in [0.717, 1.165) is 22.3 Å². The van der Waals surface area contributed by atoms with Crippen LogP contribution in [-0.2, 0) is 14.3 Å². The summed E-state index contributed by atoms with van der Waals surface area (Å²) in [6.07, 6.45) is -0.588. The van der Waals surface area contributed by atoms with Gasteiger partial charge < -0.3 is 25.6 Å². The predicted molar refractivity (Wildman–Crippen MR) is 118 cm³/mol. The van der Waals surface area contributed by atoms with E-state index < -0.39 is 24.0 Å². The van der Waals surface area contributed by atoms with Gasteiger partial charge >= 0.3 is 12.1 Å². The molecule has 4 N–H and O–H groups in total. The van der Waals surface area contributed by atoms with Crippen LogP contribution < -0.4 is 10.6 Å². The lowest BCUT2D eigenvalue weighted by Gasteiger charge is -2.17. The molecule has 0 heterocycles. The zero-order chi connectivity index (χ0) is 23.1. The van der Waals surface area contributed by atoms with E-state index >= 15 is 0 Å². The molecule has 0 spiro atoms. The topological polar surface area (TPSA) is 125 Å². The summed E-state index contributed by atoms with van der Waals surface area (Å²) in [5.41, 5.74) is 4.56. The van der Waals surface area contributed by atoms with Crippen molar-refractivity contribution in [2.24, 2.45) is 5.92 Å². The Balaban J connectivity index is 1.47. The van der Waals surface area contributed by atoms with Crippen molar-refractivity contribution in [3.05, 3.63) is 59.7 Å². The molecular weight excluding hydrogens is 412 g/mol. The molecule has 0 aliphatic heterocycles. The van der Waals surface area contributed by atoms with Gasteiger partial charge in [-0.15, -0.1) is 0 Å². The van der Waals surface area contributed by atoms with Gasteiger partial charge in [0.1, 0.15) is 12.6 Å². The molecule has 1 aliphatic rings. The van der Waals surface area contributed by atoms with Gasteiger partial charge in [-0.05, 0) is 28.2 Å². The van der Waals surface area contributed by atoms with E-state index in [2.05, 4.69) is 22.8 Å². The molecular formula is C24H28N2O6. The number of amides is 2. The van der Waals surface area contributed by atoms with Crippen LogP contribution in [0.5, 0.6) is 0 Å². The highest BCUT2D eigenvalue weighted by molar-refractivity contribution is 5.83. The number of rotatable bonds is 10. The lowest BCUT2D eigenvalue weighted by atomic mass is 9.98. The third-order valence-electron chi connectivity index (χ3n) is 5.52. The number of ether oxygens (including phenoxy) is 1. The van der Waals surface area contributed by atoms with E-state index in [-0.39, 0.29) is 44.4 Å². The van der Waals surface area contributed by atoms with E-state index in [1.54, 1.807) is 6.92 Å². The normalized spacial score (nSPS) is 14.1. The zero-order valence-corrected chi connectivity index (χ0v) is 17.9. The van der Waals surface area contributed by atoms with E-state index in [1.807, 2.05) is 36.4 Å². The molecule has 2 atom stereocenters. The van der Waals surface area contributed by atoms with Crippen LogP contribution in [0, 0.1) is 5.92 Å². The number of benzene rings is 2. The summed E-state index contributed by atoms with van der Waals surface area (Å²) < 4.78 is 5.47. The van der Waals surface area contributed by atoms with E-state index in [4.69, 9.17) is 14.9 Å². The van der Waals surface area contributed by atoms with Gasteiger partial charge in [-0.1, -0.05) is 55.5 Å². The number of hydrogen-bond donors (Lipinski definition) is 4. The zero-order valence-electron chi connectivity index (χ0n) is 17.9. The molecule has 0 saturated heterocycles. The number of carbonyl (C=O) groups excluding carboxylic acids is 2. The Morgan fingerprint density at radius 3 is 2.19 bits per heavy atom. The Kier molecular flexibility index (Phi) is 7.83. The SMILES string of the molecule is CC(CNC(=O)OCC1c2ccccc2-c2ccccc21)CC(=O)N[C@H](CCO)C(=O)O. The summed E-state index contributed by atoms with van der Waals surface area (Å²) in [6, 6.07) is 15.0. The predicted octanol–water partition coefficient (Wildman–Crippen LogP) is 2.50. The minimum absolute atomic E-state index is 0.0316. The van der Waals surface area contributed by atoms with Gasteiger partial charge in [0, 0.05) is 31.9 Å². The number of fused-ring (bicyclic) bond motifs is 3. The Morgan fingerprint density at radius 1 is 1.03 bits per heavy atom. The first-order valence-corrected chi connectivity index (χ1v) is 10.6. The highest BCUT2D eigenvalue weighted by Gasteiger charge is 2.29. The second-order valence-electron chi connectivity index (χ2n) is 7.99. The van der Waals surface area contributed by atoms with E-state index in [9.17, 15) is 14.4 Å². The van der Waals surface area contributed by atoms with Gasteiger partial charge in [0.25, 0.3) is 0 Å². The number of aliphatic hydroxyl groups is 1. The molecule has 1 unspecified atom stereocenters. The molecule has 0 aromatic heterocycles. The van der Waals surface area contributed by atoms with Crippen LogP contribution >= 0.6 is 0 Å². The number of carboxylic acids is 1. The highest BCUT2D eigenvalue weighted by atomic mass is 16.5. The molecule has 2 aromatic rings. The second-order valence-corrected chi connectivity index (χ2v) is 7.99. The molecule has 1 aliphatic carbocycles. The van der Waals surface area contributed by atoms with Crippen molar-refractivity contribution in [3.8, 4) is 11.1 Å². The Bertz CT molecular complexity index is 931. The summed E-state index contributed by atoms with van der Waals surface area (Å²) >= 11 is 0. The minimum atomic E-state index is -1.20. The highest BCUT2D eigenvalue weighted by Crippen LogP contribution is 2.44. The quantitative estimate of drug-likeness (QED) is 0.450. The standard InChI is InChI=1S/C24H28N2O6/c1-15(12-22(28)26-21(10-11-27)23(29)30)13-25-24(31)32-14-20-18-8-4-2-6-16(18)17-7-3-5-9-19(17)20/h2-9,15,20-21,27H,10-14H2,1H3,(H,25,31)(H,26,28)(H,29,30)/t15?,21-/m1/s1. The van der Waals surface area contributed by atoms with Crippen molar-refractivity contribution < 1.29 is 29.3 Å². The average Bonchev–Trinajstić information content (AvgIpc) is 3.09. The van der Waals surface area contributed by atoms with Crippen molar-refractivity contribution in [2.75, 3.05) is 19.8 Å². The Morgan fingerprint density at radius 2 is 1.62 bits per heavy atom. The number of alkyl carbamates (subject to hydrolysis) is 1. The maximum Gasteiger partial charge on any atom is 0.407 e. The summed E-state index contributed by atoms with van der Waals surface area (Å²) in [5.74, 6) is -1.90. The van der Waals surface area contributed by atoms with Crippen LogP contribution in [0.2, 0.25) is 0 Å². The third-order valence-corrected chi connectivity index (χ3v) is 5.52. The number of aliphatic hydroxyl groups excluding tert-OH is 1. The van der Waals surface area contributed by atoms with Crippen molar-refractivity contribution in [2.45, 2.75) is 31.7 Å². The number of nitrogens with one attached hydrogen (secondary N) is 2. The Labute approximate surface area is 186 Å². The molecule has 0 saturated carbocycles. The summed E-state index contributed by atoms with van der Waals surface area (Å²) in [4.78, 5) is 35.3. The van der Waals surface area contributed by atoms with Crippen molar-refractivity contribution in [3.63, 3.8) is 0 Å². The van der Waals surface area contributed by atoms with Gasteiger partial charge in [-0.2, -0.15) is 0 Å². The molecule has 3 rings (SSSR count). The number of carbonyl (C=O) groups is 3. The molecule has 32 heavy (non-hydrogen) atoms. The molecule has 0 bridgehead atoms. The summed E-state index contributed by atoms with van der Waals surface area (Å²) in [5, 5.41) is 23.0. The largest absolute Gasteiger partial charge is 0.480 e. The van der Waals surface area contributed by atoms with Crippen LogP contribution in [0.1, 0.15) is 36.8 Å². The molecule has 2 amide bonds. The van der Waals surface area contributed by atoms with E-state index in [1.165, 1.54) is 0 Å². The molecule has 170 valence electrons. The number of hydrogen-bond acceptors (Lipinski definition) is 5. The monoisotopic (exact) mass is 440 g/mol. The lowest BCUT2D eigenvalue weighted by molar-refractivity contribution is -0.142. The van der Waals surface area contributed by atoms with Crippen molar-refractivity contribution in [1.82, 2.24) is 10.6 Å². The number of aliphatic carboxylic acids is 1. The molecule has 0 radical (unpaired) electrons. The fraction of sp³-hybridized carbons (Fsp3) is 0.375. The molecule has 2 aromatic carbocycles. The fourth-order valence-electron chi connectivity index (χ4n) is 3.94. The summed E-state index contributed by atoms with van der Waals surface area (Å²) in [6.45, 7) is 1.85. The van der Waals surface area contributed by atoms with Crippen LogP contribution in [-0.4, -0.2) is 54.0 Å². The molecule has 8 nitrogen and oxygen atoms in total. The first kappa shape index (κ1) is 23.3. The molecule has 0 fully saturated rings. The lowest BCUT2D eigenvalue weighted by Crippen LogP contribution is -2.42. The average molecular weight is 440 g/mol. The van der Waals surface area contributed by atoms with Gasteiger partial charge in [0.2, 0.25) is 5.91 Å². The van der Waals surface area contributed by atoms with Gasteiger partial charge in [-0.25, -0.2) is 9.59 Å². The number of carboxylic acid groups (broad SMARTS) is 1. The van der Waals surface area contributed by atoms with Crippen molar-refractivity contribution in [1.29, 1.82) is 0 Å². The van der Waals surface area contributed by atoms with Crippen LogP contribution in [0.4, 0.5) is 4.79 Å². The first-order valence-electron chi connectivity index (χ1n) is 10.6. The first-order chi connectivity index (χ1) is 15.4. The smallest absolute Gasteiger partial charge is 0.407 e.